The molecule has 0 atom stereocenters. The molecule has 0 aliphatic carbocycles. The summed E-state index contributed by atoms with van der Waals surface area (Å²) >= 11 is 3.80. The maximum absolute atomic E-state index is 2.42. The lowest BCUT2D eigenvalue weighted by Crippen LogP contribution is -1.89. The van der Waals surface area contributed by atoms with Crippen LogP contribution in [0.5, 0.6) is 0 Å². The van der Waals surface area contributed by atoms with Crippen molar-refractivity contribution in [2.75, 3.05) is 0 Å². The van der Waals surface area contributed by atoms with E-state index in [-0.39, 0.29) is 0 Å². The largest absolute Gasteiger partial charge is 0.343 e. The van der Waals surface area contributed by atoms with Crippen molar-refractivity contribution in [3.05, 3.63) is 170 Å². The van der Waals surface area contributed by atoms with Crippen molar-refractivity contribution in [2.45, 2.75) is 0 Å². The van der Waals surface area contributed by atoms with Gasteiger partial charge in [0, 0.05) is 134 Å². The van der Waals surface area contributed by atoms with Crippen LogP contribution in [0.1, 0.15) is 0 Å². The Bertz CT molecular complexity index is 4620. The number of benzene rings is 10. The van der Waals surface area contributed by atoms with Gasteiger partial charge in [-0.25, -0.2) is 0 Å². The molecule has 0 aliphatic rings. The molecule has 0 aliphatic heterocycles. The third kappa shape index (κ3) is 4.73. The van der Waals surface area contributed by atoms with Gasteiger partial charge in [-0.1, -0.05) is 121 Å². The molecule has 6 heterocycles. The minimum absolute atomic E-state index is 1.27. The number of nitrogens with zero attached hydrogens (tertiary/aromatic N) is 4. The van der Waals surface area contributed by atoms with E-state index in [0.29, 0.717) is 0 Å². The zero-order valence-electron chi connectivity index (χ0n) is 37.8. The number of fused-ring (bicyclic) bond motifs is 21. The molecule has 0 saturated heterocycles. The minimum Gasteiger partial charge on any atom is -0.343 e. The van der Waals surface area contributed by atoms with Crippen molar-refractivity contribution in [2.24, 2.45) is 28.2 Å². The Kier molecular flexibility index (Phi) is 7.09. The first kappa shape index (κ1) is 37.2. The molecule has 0 bridgehead atoms. The molecule has 0 spiro atoms. The van der Waals surface area contributed by atoms with E-state index in [4.69, 9.17) is 0 Å². The van der Waals surface area contributed by atoms with E-state index in [9.17, 15) is 0 Å². The normalized spacial score (nSPS) is 12.7. The topological polar surface area (TPSA) is 19.7 Å². The maximum Gasteiger partial charge on any atom is 0.0568 e. The lowest BCUT2D eigenvalue weighted by Gasteiger charge is -2.06. The van der Waals surface area contributed by atoms with Gasteiger partial charge in [-0.3, -0.25) is 0 Å². The Morgan fingerprint density at radius 3 is 0.941 bits per heavy atom. The summed E-state index contributed by atoms with van der Waals surface area (Å²) in [4.78, 5) is 2.63. The lowest BCUT2D eigenvalue weighted by molar-refractivity contribution is 1.01. The lowest BCUT2D eigenvalue weighted by atomic mass is 10.0. The third-order valence-electron chi connectivity index (χ3n) is 15.7. The average molecular weight is 905 g/mol. The van der Waals surface area contributed by atoms with Gasteiger partial charge in [0.2, 0.25) is 0 Å². The zero-order valence-corrected chi connectivity index (χ0v) is 39.4. The van der Waals surface area contributed by atoms with Gasteiger partial charge in [0.25, 0.3) is 0 Å². The molecular weight excluding hydrogens is 865 g/mol. The van der Waals surface area contributed by atoms with Gasteiger partial charge >= 0.3 is 0 Å². The summed E-state index contributed by atoms with van der Waals surface area (Å²) < 4.78 is 12.3. The zero-order chi connectivity index (χ0) is 44.8. The van der Waals surface area contributed by atoms with Gasteiger partial charge in [-0.05, 0) is 81.2 Å². The highest BCUT2D eigenvalue weighted by atomic mass is 32.1. The van der Waals surface area contributed by atoms with Crippen LogP contribution >= 0.6 is 22.7 Å². The van der Waals surface area contributed by atoms with Gasteiger partial charge in [-0.15, -0.1) is 22.7 Å². The molecule has 10 aromatic carbocycles. The van der Waals surface area contributed by atoms with E-state index in [1.807, 2.05) is 22.7 Å². The number of hydrogen-bond donors (Lipinski definition) is 0. The molecule has 0 N–H and O–H groups in total. The predicted molar refractivity (Wildman–Crippen MR) is 297 cm³/mol. The number of aryl methyl sites for hydroxylation is 4. The van der Waals surface area contributed by atoms with E-state index in [1.165, 1.54) is 161 Å². The fourth-order valence-corrected chi connectivity index (χ4v) is 14.9. The van der Waals surface area contributed by atoms with E-state index in [1.54, 1.807) is 0 Å². The second kappa shape index (κ2) is 13.0. The van der Waals surface area contributed by atoms with Crippen LogP contribution in [0.3, 0.4) is 0 Å². The molecule has 6 heteroatoms. The van der Waals surface area contributed by atoms with Gasteiger partial charge in [-0.2, -0.15) is 0 Å². The number of aromatic nitrogens is 4. The second-order valence-corrected chi connectivity index (χ2v) is 21.3. The summed E-state index contributed by atoms with van der Waals surface area (Å²) in [5.74, 6) is 0. The smallest absolute Gasteiger partial charge is 0.0568 e. The molecule has 320 valence electrons. The Labute approximate surface area is 397 Å². The number of hydrogen-bond acceptors (Lipinski definition) is 2. The van der Waals surface area contributed by atoms with E-state index in [0.717, 1.165) is 0 Å². The van der Waals surface area contributed by atoms with Crippen LogP contribution in [0.25, 0.3) is 161 Å². The molecule has 16 rings (SSSR count). The maximum atomic E-state index is 2.42. The summed E-state index contributed by atoms with van der Waals surface area (Å²) in [6.07, 6.45) is 0. The highest BCUT2D eigenvalue weighted by Crippen LogP contribution is 2.46. The Morgan fingerprint density at radius 1 is 0.265 bits per heavy atom. The van der Waals surface area contributed by atoms with E-state index in [2.05, 4.69) is 216 Å². The van der Waals surface area contributed by atoms with Crippen LogP contribution < -0.4 is 0 Å². The molecular formula is C62H40N4S2. The van der Waals surface area contributed by atoms with Gasteiger partial charge in [0.1, 0.15) is 0 Å². The van der Waals surface area contributed by atoms with Crippen molar-refractivity contribution in [3.8, 4) is 20.9 Å². The SMILES string of the molecule is Cn1c2cc3c4ccc5cc(-c6cc7sc(-c8ccc9c(ccc%10c%11cc%12c(cc%11n(C)c9%10)c9ccc%10ccccc%10c9n%12C)c8)cc7s6)ccc5c4n(C)c3cc2c2ccc3ccccc3c21. The van der Waals surface area contributed by atoms with Crippen molar-refractivity contribution in [3.63, 3.8) is 0 Å². The molecule has 0 unspecified atom stereocenters. The first-order chi connectivity index (χ1) is 33.3. The fourth-order valence-electron chi connectivity index (χ4n) is 12.5. The first-order valence-corrected chi connectivity index (χ1v) is 25.0. The van der Waals surface area contributed by atoms with Crippen molar-refractivity contribution >= 4 is 162 Å². The van der Waals surface area contributed by atoms with Gasteiger partial charge in [0.05, 0.1) is 22.1 Å². The highest BCUT2D eigenvalue weighted by molar-refractivity contribution is 7.31. The Hall–Kier alpha value is -7.90. The quantitative estimate of drug-likeness (QED) is 0.165. The summed E-state index contributed by atoms with van der Waals surface area (Å²) in [6, 6.07) is 64.5. The van der Waals surface area contributed by atoms with Crippen LogP contribution in [0.2, 0.25) is 0 Å². The third-order valence-corrected chi connectivity index (χ3v) is 18.1. The summed E-state index contributed by atoms with van der Waals surface area (Å²) in [5.41, 5.74) is 12.8. The summed E-state index contributed by atoms with van der Waals surface area (Å²) in [6.45, 7) is 0. The number of thiophene rings is 2. The molecule has 0 fully saturated rings. The fraction of sp³-hybridized carbons (Fsp3) is 0.0645. The van der Waals surface area contributed by atoms with E-state index < -0.39 is 0 Å². The molecule has 0 radical (unpaired) electrons. The average Bonchev–Trinajstić information content (AvgIpc) is 4.21. The predicted octanol–water partition coefficient (Wildman–Crippen LogP) is 17.5. The molecule has 0 amide bonds. The Morgan fingerprint density at radius 2 is 0.574 bits per heavy atom. The minimum atomic E-state index is 1.27. The van der Waals surface area contributed by atoms with Crippen LogP contribution in [0.15, 0.2) is 170 Å². The monoisotopic (exact) mass is 904 g/mol. The van der Waals surface area contributed by atoms with Crippen molar-refractivity contribution in [1.29, 1.82) is 0 Å². The van der Waals surface area contributed by atoms with Gasteiger partial charge < -0.3 is 18.3 Å². The van der Waals surface area contributed by atoms with Crippen LogP contribution in [-0.2, 0) is 28.2 Å². The second-order valence-electron chi connectivity index (χ2n) is 19.1. The van der Waals surface area contributed by atoms with E-state index >= 15 is 0 Å². The summed E-state index contributed by atoms with van der Waals surface area (Å²) in [7, 11) is 8.91. The standard InChI is InChI=1S/C62H40N4S2/c1-63-51-29-49-45-23-15-35-25-37(17-19-41(35)61(45)65(3)53(49)27-47(51)43-21-13-33-9-5-7-11-39(33)59(43)63)55-31-57-58(67-55)32-56(68-57)38-18-20-42-36(26-38)16-24-46-50-30-52-48(28-54(50)66(4)62(42)46)44-22-14-34-10-6-8-12-40(34)60(44)64(52)2/h5-32H,1-4H3. The summed E-state index contributed by atoms with van der Waals surface area (Å²) in [5, 5.41) is 20.7. The van der Waals surface area contributed by atoms with Gasteiger partial charge in [0.15, 0.2) is 0 Å². The van der Waals surface area contributed by atoms with Crippen LogP contribution in [-0.4, -0.2) is 18.3 Å². The highest BCUT2D eigenvalue weighted by Gasteiger charge is 2.20. The van der Waals surface area contributed by atoms with Crippen LogP contribution in [0, 0.1) is 0 Å². The van der Waals surface area contributed by atoms with Crippen molar-refractivity contribution < 1.29 is 0 Å². The molecule has 0 saturated carbocycles. The molecule has 6 aromatic heterocycles. The molecule has 68 heavy (non-hydrogen) atoms. The Balaban J connectivity index is 0.750. The first-order valence-electron chi connectivity index (χ1n) is 23.4. The number of rotatable bonds is 2. The van der Waals surface area contributed by atoms with Crippen molar-refractivity contribution in [1.82, 2.24) is 18.3 Å². The molecule has 16 aromatic rings. The molecule has 4 nitrogen and oxygen atoms in total. The van der Waals surface area contributed by atoms with Crippen LogP contribution in [0.4, 0.5) is 0 Å².